The summed E-state index contributed by atoms with van der Waals surface area (Å²) in [6.07, 6.45) is 0.744. The lowest BCUT2D eigenvalue weighted by molar-refractivity contribution is -0.138. The molecule has 0 spiro atoms. The number of guanidine groups is 1. The lowest BCUT2D eigenvalue weighted by Crippen LogP contribution is -2.34. The molecule has 0 amide bonds. The van der Waals surface area contributed by atoms with Crippen LogP contribution in [0.3, 0.4) is 0 Å². The van der Waals surface area contributed by atoms with Gasteiger partial charge in [-0.05, 0) is 12.8 Å². The third kappa shape index (κ3) is 5.92. The molecule has 0 bridgehead atoms. The van der Waals surface area contributed by atoms with E-state index in [1.807, 2.05) is 0 Å². The fourth-order valence-electron chi connectivity index (χ4n) is 0.701. The molecule has 0 aromatic heterocycles. The highest BCUT2D eigenvalue weighted by Gasteiger charge is 2.09. The number of nitrogens with two attached hydrogens (primary N) is 2. The first-order chi connectivity index (χ1) is 7.22. The van der Waals surface area contributed by atoms with Crippen molar-refractivity contribution in [2.75, 3.05) is 13.5 Å². The topological polar surface area (TPSA) is 114 Å². The number of hydrogen-bond donors (Lipinski definition) is 4. The summed E-state index contributed by atoms with van der Waals surface area (Å²) < 4.78 is 20.4. The summed E-state index contributed by atoms with van der Waals surface area (Å²) in [5, 5.41) is 11.0. The van der Waals surface area contributed by atoms with E-state index in [0.29, 0.717) is 13.0 Å². The molecule has 0 aliphatic rings. The van der Waals surface area contributed by atoms with Crippen LogP contribution in [0, 0.1) is 0 Å². The summed E-state index contributed by atoms with van der Waals surface area (Å²) in [6.45, 7) is -2.14. The SMILES string of the molecule is [2H]C([2H])([2H])N=C(N)NCCC[C@H](N)C(=O)O. The van der Waals surface area contributed by atoms with Crippen molar-refractivity contribution in [2.45, 2.75) is 18.9 Å². The fraction of sp³-hybridized carbons (Fsp3) is 0.714. The van der Waals surface area contributed by atoms with Gasteiger partial charge in [-0.2, -0.15) is 0 Å². The minimum atomic E-state index is -2.46. The van der Waals surface area contributed by atoms with Gasteiger partial charge in [0.05, 0.1) is 0 Å². The van der Waals surface area contributed by atoms with Crippen molar-refractivity contribution in [1.82, 2.24) is 5.32 Å². The third-order valence-electron chi connectivity index (χ3n) is 1.44. The van der Waals surface area contributed by atoms with Crippen LogP contribution in [0.15, 0.2) is 4.99 Å². The van der Waals surface area contributed by atoms with Crippen LogP contribution >= 0.6 is 0 Å². The maximum absolute atomic E-state index is 10.3. The molecule has 0 rings (SSSR count). The Kier molecular flexibility index (Phi) is 3.43. The van der Waals surface area contributed by atoms with E-state index < -0.39 is 19.0 Å². The van der Waals surface area contributed by atoms with E-state index in [1.165, 1.54) is 0 Å². The second kappa shape index (κ2) is 6.24. The number of carboxylic acids is 1. The van der Waals surface area contributed by atoms with Gasteiger partial charge in [-0.3, -0.25) is 9.79 Å². The van der Waals surface area contributed by atoms with Gasteiger partial charge in [0.1, 0.15) is 6.04 Å². The molecule has 0 aliphatic heterocycles. The predicted molar refractivity (Wildman–Crippen MR) is 50.4 cm³/mol. The number of hydrogen-bond acceptors (Lipinski definition) is 3. The quantitative estimate of drug-likeness (QED) is 0.245. The molecule has 0 radical (unpaired) electrons. The molecule has 0 aromatic carbocycles. The maximum Gasteiger partial charge on any atom is 0.320 e. The van der Waals surface area contributed by atoms with Crippen LogP contribution in [0.4, 0.5) is 0 Å². The summed E-state index contributed by atoms with van der Waals surface area (Å²) in [4.78, 5) is 13.5. The zero-order valence-electron chi connectivity index (χ0n) is 10.2. The Morgan fingerprint density at radius 3 is 3.08 bits per heavy atom. The van der Waals surface area contributed by atoms with Crippen molar-refractivity contribution in [3.8, 4) is 0 Å². The Hall–Kier alpha value is -1.30. The summed E-state index contributed by atoms with van der Waals surface area (Å²) in [6, 6.07) is -0.914. The summed E-state index contributed by atoms with van der Waals surface area (Å²) in [7, 11) is 0. The molecule has 13 heavy (non-hydrogen) atoms. The van der Waals surface area contributed by atoms with E-state index >= 15 is 0 Å². The van der Waals surface area contributed by atoms with Crippen LogP contribution in [-0.4, -0.2) is 36.6 Å². The largest absolute Gasteiger partial charge is 0.480 e. The molecular formula is C7H16N4O2. The van der Waals surface area contributed by atoms with Crippen molar-refractivity contribution in [2.24, 2.45) is 16.5 Å². The molecule has 76 valence electrons. The average molecular weight is 191 g/mol. The summed E-state index contributed by atoms with van der Waals surface area (Å²) >= 11 is 0. The Balaban J connectivity index is 3.75. The Morgan fingerprint density at radius 1 is 1.85 bits per heavy atom. The molecule has 0 unspecified atom stereocenters. The van der Waals surface area contributed by atoms with Crippen LogP contribution in [0.2, 0.25) is 0 Å². The lowest BCUT2D eigenvalue weighted by atomic mass is 10.2. The average Bonchev–Trinajstić information content (AvgIpc) is 2.08. The van der Waals surface area contributed by atoms with Gasteiger partial charge in [-0.25, -0.2) is 0 Å². The van der Waals surface area contributed by atoms with E-state index in [4.69, 9.17) is 20.7 Å². The molecule has 0 heterocycles. The molecule has 0 saturated carbocycles. The van der Waals surface area contributed by atoms with Gasteiger partial charge in [0.25, 0.3) is 0 Å². The first-order valence-corrected chi connectivity index (χ1v) is 3.80. The second-order valence-corrected chi connectivity index (χ2v) is 2.51. The third-order valence-corrected chi connectivity index (χ3v) is 1.44. The van der Waals surface area contributed by atoms with Crippen molar-refractivity contribution >= 4 is 11.9 Å². The highest BCUT2D eigenvalue weighted by Crippen LogP contribution is 1.92. The molecule has 0 fully saturated rings. The zero-order chi connectivity index (χ0) is 12.8. The molecule has 0 saturated heterocycles. The lowest BCUT2D eigenvalue weighted by Gasteiger charge is -2.07. The number of aliphatic imine (C=N–C) groups is 1. The minimum Gasteiger partial charge on any atom is -0.480 e. The van der Waals surface area contributed by atoms with Crippen LogP contribution < -0.4 is 16.8 Å². The smallest absolute Gasteiger partial charge is 0.320 e. The Morgan fingerprint density at radius 2 is 2.54 bits per heavy atom. The molecule has 6 heteroatoms. The van der Waals surface area contributed by atoms with Crippen LogP contribution in [0.5, 0.6) is 0 Å². The van der Waals surface area contributed by atoms with Gasteiger partial charge in [-0.1, -0.05) is 0 Å². The molecular weight excluding hydrogens is 172 g/mol. The summed E-state index contributed by atoms with van der Waals surface area (Å²) in [5.41, 5.74) is 10.5. The van der Waals surface area contributed by atoms with Crippen LogP contribution in [0.1, 0.15) is 17.0 Å². The molecule has 0 aliphatic carbocycles. The first-order valence-electron chi connectivity index (χ1n) is 5.30. The Bertz CT molecular complexity index is 267. The minimum absolute atomic E-state index is 0.191. The van der Waals surface area contributed by atoms with Gasteiger partial charge < -0.3 is 21.9 Å². The number of aliphatic carboxylic acids is 1. The fourth-order valence-corrected chi connectivity index (χ4v) is 0.701. The van der Waals surface area contributed by atoms with Gasteiger partial charge >= 0.3 is 5.97 Å². The second-order valence-electron chi connectivity index (χ2n) is 2.51. The van der Waals surface area contributed by atoms with Gasteiger partial charge in [-0.15, -0.1) is 0 Å². The number of carbonyl (C=O) groups is 1. The molecule has 1 atom stereocenters. The first kappa shape index (κ1) is 7.14. The monoisotopic (exact) mass is 191 g/mol. The van der Waals surface area contributed by atoms with Crippen molar-refractivity contribution in [1.29, 1.82) is 0 Å². The molecule has 6 N–H and O–H groups in total. The number of carboxylic acid groups (broad SMARTS) is 1. The van der Waals surface area contributed by atoms with E-state index in [-0.39, 0.29) is 12.4 Å². The standard InChI is InChI=1S/C7H16N4O2/c1-10-7(9)11-4-2-3-5(8)6(12)13/h5H,2-4,8H2,1H3,(H,12,13)(H3,9,10,11)/t5-/m0/s1/i1D3. The van der Waals surface area contributed by atoms with E-state index in [2.05, 4.69) is 10.3 Å². The van der Waals surface area contributed by atoms with Gasteiger partial charge in [0, 0.05) is 17.6 Å². The normalized spacial score (nSPS) is 18.2. The van der Waals surface area contributed by atoms with E-state index in [9.17, 15) is 4.79 Å². The highest BCUT2D eigenvalue weighted by molar-refractivity contribution is 5.77. The van der Waals surface area contributed by atoms with Crippen LogP contribution in [-0.2, 0) is 4.79 Å². The van der Waals surface area contributed by atoms with Crippen molar-refractivity contribution in [3.63, 3.8) is 0 Å². The van der Waals surface area contributed by atoms with E-state index in [0.717, 1.165) is 0 Å². The van der Waals surface area contributed by atoms with Gasteiger partial charge in [0.15, 0.2) is 5.96 Å². The summed E-state index contributed by atoms with van der Waals surface area (Å²) in [5.74, 6) is -1.26. The van der Waals surface area contributed by atoms with Crippen molar-refractivity contribution < 1.29 is 14.0 Å². The maximum atomic E-state index is 10.3. The number of nitrogens with one attached hydrogen (secondary N) is 1. The molecule has 6 nitrogen and oxygen atoms in total. The zero-order valence-corrected chi connectivity index (χ0v) is 7.16. The van der Waals surface area contributed by atoms with E-state index in [1.54, 1.807) is 0 Å². The number of rotatable bonds is 5. The Labute approximate surface area is 81.2 Å². The predicted octanol–water partition coefficient (Wildman–Crippen LogP) is -1.29. The number of nitrogens with zero attached hydrogens (tertiary/aromatic N) is 1. The molecule has 0 aromatic rings. The van der Waals surface area contributed by atoms with Gasteiger partial charge in [0.2, 0.25) is 0 Å². The van der Waals surface area contributed by atoms with Crippen molar-refractivity contribution in [3.05, 3.63) is 0 Å². The highest BCUT2D eigenvalue weighted by atomic mass is 16.4. The van der Waals surface area contributed by atoms with Crippen LogP contribution in [0.25, 0.3) is 0 Å².